The summed E-state index contributed by atoms with van der Waals surface area (Å²) in [5.41, 5.74) is 14.0. The Morgan fingerprint density at radius 2 is 0.885 bits per heavy atom. The smallest absolute Gasteiger partial charge is 0.0541 e. The van der Waals surface area contributed by atoms with Crippen molar-refractivity contribution in [1.29, 1.82) is 0 Å². The lowest BCUT2D eigenvalue weighted by Gasteiger charge is -2.28. The summed E-state index contributed by atoms with van der Waals surface area (Å²) in [6, 6.07) is 84.2. The molecular formula is C58H38N2S. The fourth-order valence-corrected chi connectivity index (χ4v) is 10.4. The monoisotopic (exact) mass is 794 g/mol. The number of thiophene rings is 1. The Morgan fingerprint density at radius 3 is 1.62 bits per heavy atom. The van der Waals surface area contributed by atoms with E-state index in [1.54, 1.807) is 0 Å². The van der Waals surface area contributed by atoms with Crippen LogP contribution in [0.25, 0.3) is 91.8 Å². The first-order valence-electron chi connectivity index (χ1n) is 20.8. The van der Waals surface area contributed by atoms with Gasteiger partial charge in [0.2, 0.25) is 0 Å². The average molecular weight is 795 g/mol. The number of nitrogens with zero attached hydrogens (tertiary/aromatic N) is 2. The molecule has 2 aromatic heterocycles. The van der Waals surface area contributed by atoms with Crippen LogP contribution in [-0.2, 0) is 0 Å². The topological polar surface area (TPSA) is 8.17 Å². The van der Waals surface area contributed by atoms with E-state index in [4.69, 9.17) is 0 Å². The molecule has 0 saturated heterocycles. The molecule has 0 aliphatic heterocycles. The van der Waals surface area contributed by atoms with E-state index in [0.29, 0.717) is 0 Å². The van der Waals surface area contributed by atoms with Crippen molar-refractivity contribution in [2.75, 3.05) is 4.90 Å². The highest BCUT2D eigenvalue weighted by Gasteiger charge is 2.19. The lowest BCUT2D eigenvalue weighted by molar-refractivity contribution is 1.18. The molecule has 0 spiro atoms. The highest BCUT2D eigenvalue weighted by molar-refractivity contribution is 7.25. The SMILES string of the molecule is c1cc(-c2ccc(N(c3ccc(-c4ccc5ccccc5c4)cc3)c3ccccc3-c3ccc4c(c3)sc3ccccc34)cc2)cc(-n2c3ccccc3c3ccccc32)c1. The average Bonchev–Trinajstić information content (AvgIpc) is 3.88. The summed E-state index contributed by atoms with van der Waals surface area (Å²) in [6.07, 6.45) is 0. The lowest BCUT2D eigenvalue weighted by atomic mass is 9.99. The molecule has 0 fully saturated rings. The van der Waals surface area contributed by atoms with Gasteiger partial charge in [-0.1, -0.05) is 158 Å². The highest BCUT2D eigenvalue weighted by Crippen LogP contribution is 2.44. The lowest BCUT2D eigenvalue weighted by Crippen LogP contribution is -2.11. The standard InChI is InChI=1S/C58H38N2S/c1-2-13-42-36-44(25-24-39(42)12-1)41-28-33-47(34-29-41)59(54-20-7-3-16-49(54)45-30-35-53-52-19-6-10-23-57(52)61-58(53)38-45)46-31-26-40(27-32-46)43-14-11-15-48(37-43)60-55-21-8-4-17-50(55)51-18-5-9-22-56(51)60/h1-38H. The molecule has 61 heavy (non-hydrogen) atoms. The highest BCUT2D eigenvalue weighted by atomic mass is 32.1. The van der Waals surface area contributed by atoms with E-state index >= 15 is 0 Å². The molecule has 2 heterocycles. The van der Waals surface area contributed by atoms with Gasteiger partial charge in [0, 0.05) is 53.6 Å². The molecule has 0 amide bonds. The Bertz CT molecular complexity index is 3540. The van der Waals surface area contributed by atoms with E-state index in [0.717, 1.165) is 22.7 Å². The molecule has 286 valence electrons. The van der Waals surface area contributed by atoms with Crippen molar-refractivity contribution in [3.8, 4) is 39.1 Å². The van der Waals surface area contributed by atoms with Gasteiger partial charge in [0.1, 0.15) is 0 Å². The summed E-state index contributed by atoms with van der Waals surface area (Å²) in [5, 5.41) is 7.65. The van der Waals surface area contributed by atoms with Crippen molar-refractivity contribution < 1.29 is 0 Å². The zero-order valence-electron chi connectivity index (χ0n) is 33.2. The van der Waals surface area contributed by atoms with Gasteiger partial charge in [-0.2, -0.15) is 0 Å². The normalized spacial score (nSPS) is 11.6. The first kappa shape index (κ1) is 35.2. The van der Waals surface area contributed by atoms with Gasteiger partial charge >= 0.3 is 0 Å². The molecule has 2 nitrogen and oxygen atoms in total. The second kappa shape index (κ2) is 14.5. The van der Waals surface area contributed by atoms with E-state index in [-0.39, 0.29) is 0 Å². The summed E-state index contributed by atoms with van der Waals surface area (Å²) >= 11 is 1.86. The number of anilines is 3. The number of rotatable bonds is 7. The molecule has 10 aromatic carbocycles. The fraction of sp³-hybridized carbons (Fsp3) is 0. The third-order valence-corrected chi connectivity index (χ3v) is 13.3. The molecule has 12 aromatic rings. The van der Waals surface area contributed by atoms with Gasteiger partial charge in [-0.15, -0.1) is 11.3 Å². The van der Waals surface area contributed by atoms with Crippen LogP contribution < -0.4 is 4.90 Å². The van der Waals surface area contributed by atoms with Crippen LogP contribution in [0.2, 0.25) is 0 Å². The maximum Gasteiger partial charge on any atom is 0.0541 e. The Balaban J connectivity index is 0.963. The van der Waals surface area contributed by atoms with Gasteiger partial charge in [-0.25, -0.2) is 0 Å². The second-order valence-electron chi connectivity index (χ2n) is 15.7. The van der Waals surface area contributed by atoms with Crippen molar-refractivity contribution in [2.45, 2.75) is 0 Å². The van der Waals surface area contributed by atoms with Crippen molar-refractivity contribution >= 4 is 81.1 Å². The first-order valence-corrected chi connectivity index (χ1v) is 21.6. The zero-order chi connectivity index (χ0) is 40.3. The van der Waals surface area contributed by atoms with Crippen molar-refractivity contribution in [2.24, 2.45) is 0 Å². The quantitative estimate of drug-likeness (QED) is 0.156. The Labute approximate surface area is 358 Å². The predicted octanol–water partition coefficient (Wildman–Crippen LogP) is 16.8. The van der Waals surface area contributed by atoms with Gasteiger partial charge in [-0.3, -0.25) is 0 Å². The first-order chi connectivity index (χ1) is 30.2. The number of para-hydroxylation sites is 3. The molecule has 0 atom stereocenters. The van der Waals surface area contributed by atoms with Crippen LogP contribution in [-0.4, -0.2) is 4.57 Å². The zero-order valence-corrected chi connectivity index (χ0v) is 34.1. The van der Waals surface area contributed by atoms with E-state index in [1.165, 1.54) is 86.1 Å². The Kier molecular flexibility index (Phi) is 8.39. The maximum absolute atomic E-state index is 2.41. The summed E-state index contributed by atoms with van der Waals surface area (Å²) in [4.78, 5) is 2.41. The van der Waals surface area contributed by atoms with Crippen LogP contribution in [0.4, 0.5) is 17.1 Å². The minimum Gasteiger partial charge on any atom is -0.310 e. The van der Waals surface area contributed by atoms with E-state index < -0.39 is 0 Å². The molecule has 0 aliphatic carbocycles. The molecular weight excluding hydrogens is 757 g/mol. The summed E-state index contributed by atoms with van der Waals surface area (Å²) < 4.78 is 5.00. The number of hydrogen-bond acceptors (Lipinski definition) is 2. The fourth-order valence-electron chi connectivity index (χ4n) is 9.23. The summed E-state index contributed by atoms with van der Waals surface area (Å²) in [6.45, 7) is 0. The van der Waals surface area contributed by atoms with E-state index in [9.17, 15) is 0 Å². The van der Waals surface area contributed by atoms with Gasteiger partial charge in [0.25, 0.3) is 0 Å². The van der Waals surface area contributed by atoms with E-state index in [2.05, 4.69) is 240 Å². The van der Waals surface area contributed by atoms with Crippen LogP contribution in [0, 0.1) is 0 Å². The molecule has 0 saturated carbocycles. The van der Waals surface area contributed by atoms with Crippen LogP contribution in [0.3, 0.4) is 0 Å². The minimum atomic E-state index is 1.09. The van der Waals surface area contributed by atoms with Crippen molar-refractivity contribution in [1.82, 2.24) is 4.57 Å². The van der Waals surface area contributed by atoms with Gasteiger partial charge in [-0.05, 0) is 111 Å². The molecule has 0 N–H and O–H groups in total. The predicted molar refractivity (Wildman–Crippen MR) is 262 cm³/mol. The van der Waals surface area contributed by atoms with Gasteiger partial charge in [0.05, 0.1) is 16.7 Å². The van der Waals surface area contributed by atoms with Crippen LogP contribution >= 0.6 is 11.3 Å². The molecule has 12 rings (SSSR count). The van der Waals surface area contributed by atoms with Crippen molar-refractivity contribution in [3.63, 3.8) is 0 Å². The van der Waals surface area contributed by atoms with E-state index in [1.807, 2.05) is 11.3 Å². The van der Waals surface area contributed by atoms with Crippen molar-refractivity contribution in [3.05, 3.63) is 231 Å². The summed E-state index contributed by atoms with van der Waals surface area (Å²) in [7, 11) is 0. The molecule has 0 unspecified atom stereocenters. The summed E-state index contributed by atoms with van der Waals surface area (Å²) in [5.74, 6) is 0. The number of aromatic nitrogens is 1. The van der Waals surface area contributed by atoms with Gasteiger partial charge in [0.15, 0.2) is 0 Å². The second-order valence-corrected chi connectivity index (χ2v) is 16.8. The number of fused-ring (bicyclic) bond motifs is 7. The van der Waals surface area contributed by atoms with Crippen LogP contribution in [0.5, 0.6) is 0 Å². The van der Waals surface area contributed by atoms with Crippen LogP contribution in [0.15, 0.2) is 231 Å². The van der Waals surface area contributed by atoms with Gasteiger partial charge < -0.3 is 9.47 Å². The molecule has 0 aliphatic rings. The van der Waals surface area contributed by atoms with Crippen LogP contribution in [0.1, 0.15) is 0 Å². The third-order valence-electron chi connectivity index (χ3n) is 12.2. The Morgan fingerprint density at radius 1 is 0.328 bits per heavy atom. The maximum atomic E-state index is 2.41. The Hall–Kier alpha value is -7.72. The molecule has 0 radical (unpaired) electrons. The molecule has 0 bridgehead atoms. The largest absolute Gasteiger partial charge is 0.310 e. The third kappa shape index (κ3) is 6.09. The molecule has 3 heteroatoms. The number of benzene rings is 10. The number of hydrogen-bond donors (Lipinski definition) is 0. The minimum absolute atomic E-state index is 1.09.